The molecule has 1 rings (SSSR count). The van der Waals surface area contributed by atoms with Gasteiger partial charge in [0.15, 0.2) is 0 Å². The second-order valence-corrected chi connectivity index (χ2v) is 1.86. The van der Waals surface area contributed by atoms with Crippen LogP contribution in [-0.2, 0) is 0 Å². The minimum atomic E-state index is 0. The van der Waals surface area contributed by atoms with Crippen molar-refractivity contribution >= 4 is 28.3 Å². The Hall–Kier alpha value is -0.220. The van der Waals surface area contributed by atoms with E-state index in [9.17, 15) is 4.79 Å². The maximum atomic E-state index is 10.2. The lowest BCUT2D eigenvalue weighted by molar-refractivity contribution is 1.38. The summed E-state index contributed by atoms with van der Waals surface area (Å²) in [6, 6.07) is 1.44. The Morgan fingerprint density at radius 2 is 2.38 bits per heavy atom. The van der Waals surface area contributed by atoms with Gasteiger partial charge in [-0.25, -0.2) is 0 Å². The van der Waals surface area contributed by atoms with E-state index in [1.165, 1.54) is 17.8 Å². The van der Waals surface area contributed by atoms with Gasteiger partial charge in [-0.15, -0.1) is 17.0 Å². The first-order chi connectivity index (χ1) is 3.39. The van der Waals surface area contributed by atoms with Gasteiger partial charge in [-0.1, -0.05) is 11.3 Å². The summed E-state index contributed by atoms with van der Waals surface area (Å²) < 4.78 is 0.0509. The van der Waals surface area contributed by atoms with Crippen LogP contribution in [0.3, 0.4) is 0 Å². The van der Waals surface area contributed by atoms with Crippen molar-refractivity contribution < 1.29 is 0 Å². The zero-order valence-corrected chi connectivity index (χ0v) is 6.43. The number of rotatable bonds is 0. The maximum absolute atomic E-state index is 10.2. The fourth-order valence-corrected chi connectivity index (χ4v) is 0.635. The molecule has 44 valence electrons. The lowest BCUT2D eigenvalue weighted by Crippen LogP contribution is -1.87. The Morgan fingerprint density at radius 1 is 1.62 bits per heavy atom. The van der Waals surface area contributed by atoms with Gasteiger partial charge in [0.05, 0.1) is 5.51 Å². The van der Waals surface area contributed by atoms with Gasteiger partial charge < -0.3 is 0 Å². The summed E-state index contributed by atoms with van der Waals surface area (Å²) in [6.07, 6.45) is 1.48. The van der Waals surface area contributed by atoms with Crippen LogP contribution >= 0.6 is 28.3 Å². The van der Waals surface area contributed by atoms with Crippen molar-refractivity contribution in [2.24, 2.45) is 0 Å². The number of nitrogens with zero attached hydrogens (tertiary/aromatic N) is 1. The Balaban J connectivity index is 0.000000490. The summed E-state index contributed by atoms with van der Waals surface area (Å²) in [4.78, 5) is 13.9. The first-order valence-electron chi connectivity index (χ1n) is 1.78. The summed E-state index contributed by atoms with van der Waals surface area (Å²) in [7, 11) is 0. The van der Waals surface area contributed by atoms with Crippen LogP contribution in [0.2, 0.25) is 0 Å². The van der Waals surface area contributed by atoms with Gasteiger partial charge >= 0.3 is 0 Å². The molecule has 0 unspecified atom stereocenters. The van der Waals surface area contributed by atoms with E-state index in [4.69, 9.17) is 0 Å². The molecule has 1 aromatic heterocycles. The molecule has 1 aromatic rings. The lowest BCUT2D eigenvalue weighted by atomic mass is 10.8. The number of aromatic nitrogens is 1. The third-order valence-electron chi connectivity index (χ3n) is 0.526. The molecule has 2 nitrogen and oxygen atoms in total. The molecular weight excluding hydrogens is 190 g/mol. The second-order valence-electron chi connectivity index (χ2n) is 1.01. The summed E-state index contributed by atoms with van der Waals surface area (Å²) in [5, 5.41) is 0. The summed E-state index contributed by atoms with van der Waals surface area (Å²) >= 11 is 1.10. The van der Waals surface area contributed by atoms with E-state index in [1.807, 2.05) is 0 Å². The predicted molar refractivity (Wildman–Crippen MR) is 38.7 cm³/mol. The van der Waals surface area contributed by atoms with Crippen molar-refractivity contribution in [2.75, 3.05) is 0 Å². The highest BCUT2D eigenvalue weighted by atomic mass is 79.9. The molecule has 0 aromatic carbocycles. The van der Waals surface area contributed by atoms with Crippen LogP contribution in [0.15, 0.2) is 22.6 Å². The first kappa shape index (κ1) is 7.78. The molecule has 0 radical (unpaired) electrons. The Bertz CT molecular complexity index is 182. The zero-order valence-electron chi connectivity index (χ0n) is 3.90. The molecule has 0 bridgehead atoms. The van der Waals surface area contributed by atoms with E-state index >= 15 is 0 Å². The van der Waals surface area contributed by atoms with Crippen LogP contribution in [0.25, 0.3) is 0 Å². The average molecular weight is 194 g/mol. The maximum Gasteiger partial charge on any atom is 0.235 e. The summed E-state index contributed by atoms with van der Waals surface area (Å²) in [5.74, 6) is 0. The highest BCUT2D eigenvalue weighted by molar-refractivity contribution is 8.93. The highest BCUT2D eigenvalue weighted by Crippen LogP contribution is 1.75. The van der Waals surface area contributed by atoms with E-state index in [0.717, 1.165) is 11.3 Å². The Labute approximate surface area is 61.0 Å². The number of halogens is 1. The molecule has 0 aliphatic heterocycles. The molecule has 0 amide bonds. The average Bonchev–Trinajstić information content (AvgIpc) is 1.69. The molecule has 0 saturated heterocycles. The summed E-state index contributed by atoms with van der Waals surface area (Å²) in [5.41, 5.74) is 1.52. The molecule has 4 heteroatoms. The third-order valence-corrected chi connectivity index (χ3v) is 1.12. The molecule has 0 spiro atoms. The van der Waals surface area contributed by atoms with Crippen molar-refractivity contribution in [3.63, 3.8) is 0 Å². The zero-order chi connectivity index (χ0) is 5.11. The van der Waals surface area contributed by atoms with Crippen LogP contribution < -0.4 is 4.74 Å². The molecule has 0 N–H and O–H groups in total. The number of hydrogen-bond acceptors (Lipinski definition) is 3. The quantitative estimate of drug-likeness (QED) is 0.618. The van der Waals surface area contributed by atoms with Gasteiger partial charge in [-0.2, -0.15) is 0 Å². The minimum Gasteiger partial charge on any atom is -0.278 e. The van der Waals surface area contributed by atoms with Crippen molar-refractivity contribution in [1.29, 1.82) is 0 Å². The van der Waals surface area contributed by atoms with Crippen LogP contribution in [0.5, 0.6) is 0 Å². The molecule has 0 aliphatic carbocycles. The molecule has 0 saturated carbocycles. The van der Waals surface area contributed by atoms with Crippen molar-refractivity contribution in [1.82, 2.24) is 4.98 Å². The van der Waals surface area contributed by atoms with Crippen LogP contribution in [0.1, 0.15) is 0 Å². The Kier molecular flexibility index (Phi) is 3.64. The minimum absolute atomic E-state index is 0. The largest absolute Gasteiger partial charge is 0.278 e. The summed E-state index contributed by atoms with van der Waals surface area (Å²) in [6.45, 7) is 0. The van der Waals surface area contributed by atoms with Gasteiger partial charge in [-0.3, -0.25) is 9.78 Å². The van der Waals surface area contributed by atoms with E-state index in [1.54, 1.807) is 0 Å². The number of hydrogen-bond donors (Lipinski definition) is 0. The monoisotopic (exact) mass is 193 g/mol. The topological polar surface area (TPSA) is 30.0 Å². The molecule has 0 fully saturated rings. The molecular formula is C4H4BrNOS. The smallest absolute Gasteiger partial charge is 0.235 e. The van der Waals surface area contributed by atoms with Gasteiger partial charge in [0.1, 0.15) is 0 Å². The predicted octanol–water partition coefficient (Wildman–Crippen LogP) is 1.08. The molecule has 8 heavy (non-hydrogen) atoms. The van der Waals surface area contributed by atoms with Crippen LogP contribution in [0, 0.1) is 0 Å². The van der Waals surface area contributed by atoms with Crippen LogP contribution in [0.4, 0.5) is 0 Å². The van der Waals surface area contributed by atoms with E-state index in [2.05, 4.69) is 4.98 Å². The van der Waals surface area contributed by atoms with E-state index < -0.39 is 0 Å². The second kappa shape index (κ2) is 3.74. The van der Waals surface area contributed by atoms with Gasteiger partial charge in [0.25, 0.3) is 0 Å². The van der Waals surface area contributed by atoms with Gasteiger partial charge in [0.2, 0.25) is 4.74 Å². The Morgan fingerprint density at radius 3 is 2.62 bits per heavy atom. The molecule has 1 heterocycles. The SMILES string of the molecule is Br.O=c1ccncs1. The fraction of sp³-hybridized carbons (Fsp3) is 0. The van der Waals surface area contributed by atoms with E-state index in [0.29, 0.717) is 0 Å². The van der Waals surface area contributed by atoms with E-state index in [-0.39, 0.29) is 21.7 Å². The lowest BCUT2D eigenvalue weighted by Gasteiger charge is -1.69. The highest BCUT2D eigenvalue weighted by Gasteiger charge is 1.72. The van der Waals surface area contributed by atoms with Crippen molar-refractivity contribution in [3.8, 4) is 0 Å². The fourth-order valence-electron chi connectivity index (χ4n) is 0.261. The molecule has 0 aliphatic rings. The normalized spacial score (nSPS) is 7.50. The van der Waals surface area contributed by atoms with Gasteiger partial charge in [0, 0.05) is 12.3 Å². The molecule has 0 atom stereocenters. The van der Waals surface area contributed by atoms with Gasteiger partial charge in [-0.05, 0) is 0 Å². The first-order valence-corrected chi connectivity index (χ1v) is 2.66. The van der Waals surface area contributed by atoms with Crippen molar-refractivity contribution in [2.45, 2.75) is 0 Å². The van der Waals surface area contributed by atoms with Crippen LogP contribution in [-0.4, -0.2) is 4.98 Å². The standard InChI is InChI=1S/C4H3NOS.BrH/c6-4-1-2-5-3-7-4;/h1-3H;1H. The van der Waals surface area contributed by atoms with Crippen molar-refractivity contribution in [3.05, 3.63) is 27.3 Å². The third kappa shape index (κ3) is 2.18.